The first-order chi connectivity index (χ1) is 18.6. The third-order valence-electron chi connectivity index (χ3n) is 6.75. The maximum Gasteiger partial charge on any atom is 0.280 e. The van der Waals surface area contributed by atoms with Crippen LogP contribution in [0.2, 0.25) is 0 Å². The molecular weight excluding hydrogens is 515 g/mol. The molecule has 0 saturated carbocycles. The summed E-state index contributed by atoms with van der Waals surface area (Å²) < 4.78 is 92.1. The Bertz CT molecular complexity index is 1540. The lowest BCUT2D eigenvalue weighted by atomic mass is 9.98. The molecule has 0 bridgehead atoms. The minimum absolute atomic E-state index is 0.0168. The molecular formula is C23H23F5N8O2. The number of nitrogens with one attached hydrogen (secondary N) is 1. The fourth-order valence-corrected chi connectivity index (χ4v) is 4.80. The van der Waals surface area contributed by atoms with E-state index in [4.69, 9.17) is 10.8 Å². The van der Waals surface area contributed by atoms with Gasteiger partial charge in [0.1, 0.15) is 17.6 Å². The predicted molar refractivity (Wildman–Crippen MR) is 125 cm³/mol. The molecule has 0 aliphatic carbocycles. The van der Waals surface area contributed by atoms with Gasteiger partial charge in [-0.1, -0.05) is 11.3 Å². The number of aromatic nitrogens is 6. The van der Waals surface area contributed by atoms with Gasteiger partial charge in [-0.3, -0.25) is 4.90 Å². The van der Waals surface area contributed by atoms with E-state index in [1.807, 2.05) is 0 Å². The van der Waals surface area contributed by atoms with E-state index >= 15 is 13.2 Å². The monoisotopic (exact) mass is 539 g/mol. The molecule has 6 rings (SSSR count). The number of hydrogen-bond donors (Lipinski definition) is 1. The summed E-state index contributed by atoms with van der Waals surface area (Å²) in [5, 5.41) is 14.4. The minimum Gasteiger partial charge on any atom is -0.479 e. The van der Waals surface area contributed by atoms with Crippen LogP contribution in [0, 0.1) is 5.82 Å². The minimum atomic E-state index is -3.20. The molecule has 1 atom stereocenters. The molecule has 2 aliphatic heterocycles. The van der Waals surface area contributed by atoms with E-state index in [2.05, 4.69) is 25.7 Å². The van der Waals surface area contributed by atoms with Crippen LogP contribution in [-0.4, -0.2) is 92.3 Å². The van der Waals surface area contributed by atoms with Gasteiger partial charge < -0.3 is 14.8 Å². The van der Waals surface area contributed by atoms with Gasteiger partial charge in [0.05, 0.1) is 57.6 Å². The fraction of sp³-hybridized carbons (Fsp3) is 0.478. The molecule has 202 valence electrons. The number of fused-ring (bicyclic) bond motifs is 2. The SMILES string of the molecule is [2H]C1(N2CC[C@@H](Nc3nc(OC)c4c(-c5ccc6nnn(CC(F)F)c6c5)c(F)cn4n3)C(F)(F)C2)COC1. The molecule has 10 nitrogen and oxygen atoms in total. The van der Waals surface area contributed by atoms with Crippen molar-refractivity contribution in [3.05, 3.63) is 30.2 Å². The number of piperidine rings is 1. The highest BCUT2D eigenvalue weighted by atomic mass is 19.3. The highest BCUT2D eigenvalue weighted by Gasteiger charge is 2.47. The van der Waals surface area contributed by atoms with E-state index < -0.39 is 43.3 Å². The lowest BCUT2D eigenvalue weighted by Crippen LogP contribution is -2.61. The summed E-state index contributed by atoms with van der Waals surface area (Å²) in [6, 6.07) is 2.07. The highest BCUT2D eigenvalue weighted by Crippen LogP contribution is 2.36. The zero-order valence-electron chi connectivity index (χ0n) is 21.0. The number of anilines is 1. The van der Waals surface area contributed by atoms with Crippen molar-refractivity contribution in [2.75, 3.05) is 38.7 Å². The number of methoxy groups -OCH3 is 1. The summed E-state index contributed by atoms with van der Waals surface area (Å²) in [6.45, 7) is -0.893. The standard InChI is InChI=1S/C23H23F5N8O2/c1-37-21-20-19(12-2-3-15-16(6-12)35(33-31-15)8-18(25)26)14(24)7-36(20)32-22(30-21)29-17-4-5-34(11-23(17,27)28)13-9-38-10-13/h2-3,6-7,13,17-18H,4-5,8-11H2,1H3,(H,29,32)/t17-/m1/s1/i13D. The lowest BCUT2D eigenvalue weighted by molar-refractivity contribution is -0.131. The molecule has 5 heterocycles. The zero-order chi connectivity index (χ0) is 27.5. The average molecular weight is 539 g/mol. The summed E-state index contributed by atoms with van der Waals surface area (Å²) in [7, 11) is 1.30. The molecule has 0 amide bonds. The molecule has 1 aromatic carbocycles. The van der Waals surface area contributed by atoms with Gasteiger partial charge in [0.15, 0.2) is 5.82 Å². The van der Waals surface area contributed by atoms with Crippen molar-refractivity contribution in [3.8, 4) is 17.0 Å². The molecule has 2 fully saturated rings. The van der Waals surface area contributed by atoms with E-state index in [0.717, 1.165) is 15.4 Å². The molecule has 2 saturated heterocycles. The normalized spacial score (nSPS) is 21.6. The van der Waals surface area contributed by atoms with Crippen molar-refractivity contribution >= 4 is 22.5 Å². The number of hydrogen-bond acceptors (Lipinski definition) is 8. The Labute approximate surface area is 213 Å². The van der Waals surface area contributed by atoms with Crippen LogP contribution in [0.25, 0.3) is 27.7 Å². The summed E-state index contributed by atoms with van der Waals surface area (Å²) in [5.74, 6) is -4.19. The van der Waals surface area contributed by atoms with Gasteiger partial charge in [0, 0.05) is 6.54 Å². The molecule has 2 aliphatic rings. The van der Waals surface area contributed by atoms with Gasteiger partial charge in [0.25, 0.3) is 12.3 Å². The van der Waals surface area contributed by atoms with E-state index in [0.29, 0.717) is 11.1 Å². The van der Waals surface area contributed by atoms with Crippen molar-refractivity contribution in [1.29, 1.82) is 0 Å². The molecule has 0 radical (unpaired) electrons. The second-order valence-corrected chi connectivity index (χ2v) is 9.18. The van der Waals surface area contributed by atoms with Crippen molar-refractivity contribution in [2.24, 2.45) is 0 Å². The Hall–Kier alpha value is -3.59. The van der Waals surface area contributed by atoms with Crippen molar-refractivity contribution in [3.63, 3.8) is 0 Å². The average Bonchev–Trinajstić information content (AvgIpc) is 3.41. The second kappa shape index (κ2) is 9.31. The largest absolute Gasteiger partial charge is 0.479 e. The predicted octanol–water partition coefficient (Wildman–Crippen LogP) is 3.07. The Morgan fingerprint density at radius 1 is 1.32 bits per heavy atom. The van der Waals surface area contributed by atoms with Crippen LogP contribution in [0.1, 0.15) is 7.79 Å². The van der Waals surface area contributed by atoms with Gasteiger partial charge >= 0.3 is 0 Å². The number of halogens is 5. The molecule has 15 heteroatoms. The van der Waals surface area contributed by atoms with Crippen LogP contribution < -0.4 is 10.1 Å². The summed E-state index contributed by atoms with van der Waals surface area (Å²) in [5.41, 5.74) is 1.10. The van der Waals surface area contributed by atoms with Crippen LogP contribution in [-0.2, 0) is 11.3 Å². The second-order valence-electron chi connectivity index (χ2n) is 9.18. The summed E-state index contributed by atoms with van der Waals surface area (Å²) in [4.78, 5) is 5.63. The molecule has 0 unspecified atom stereocenters. The number of likely N-dealkylation sites (tertiary alicyclic amines) is 1. The number of ether oxygens (including phenoxy) is 2. The van der Waals surface area contributed by atoms with E-state index in [9.17, 15) is 8.78 Å². The third-order valence-corrected chi connectivity index (χ3v) is 6.75. The molecule has 1 N–H and O–H groups in total. The Balaban J connectivity index is 1.32. The number of nitrogens with zero attached hydrogens (tertiary/aromatic N) is 7. The van der Waals surface area contributed by atoms with E-state index in [1.165, 1.54) is 24.1 Å². The first-order valence-electron chi connectivity index (χ1n) is 12.3. The topological polar surface area (TPSA) is 94.6 Å². The lowest BCUT2D eigenvalue weighted by Gasteiger charge is -2.44. The number of rotatable bonds is 7. The van der Waals surface area contributed by atoms with Crippen LogP contribution >= 0.6 is 0 Å². The number of alkyl halides is 4. The van der Waals surface area contributed by atoms with Crippen molar-refractivity contribution < 1.29 is 32.8 Å². The summed E-state index contributed by atoms with van der Waals surface area (Å²) in [6.07, 6.45) is -1.59. The maximum atomic E-state index is 15.3. The first kappa shape index (κ1) is 23.5. The van der Waals surface area contributed by atoms with Crippen LogP contribution in [0.3, 0.4) is 0 Å². The van der Waals surface area contributed by atoms with E-state index in [-0.39, 0.29) is 54.6 Å². The summed E-state index contributed by atoms with van der Waals surface area (Å²) >= 11 is 0. The third kappa shape index (κ3) is 4.28. The van der Waals surface area contributed by atoms with Crippen molar-refractivity contribution in [2.45, 2.75) is 37.4 Å². The highest BCUT2D eigenvalue weighted by molar-refractivity contribution is 5.89. The fourth-order valence-electron chi connectivity index (χ4n) is 4.80. The molecule has 3 aromatic heterocycles. The molecule has 4 aromatic rings. The zero-order valence-corrected chi connectivity index (χ0v) is 20.0. The van der Waals surface area contributed by atoms with Crippen LogP contribution in [0.4, 0.5) is 27.9 Å². The Morgan fingerprint density at radius 3 is 2.82 bits per heavy atom. The molecule has 38 heavy (non-hydrogen) atoms. The van der Waals surface area contributed by atoms with Gasteiger partial charge in [-0.05, 0) is 24.1 Å². The quantitative estimate of drug-likeness (QED) is 0.358. The van der Waals surface area contributed by atoms with Crippen LogP contribution in [0.5, 0.6) is 5.88 Å². The Morgan fingerprint density at radius 2 is 2.13 bits per heavy atom. The smallest absolute Gasteiger partial charge is 0.280 e. The molecule has 0 spiro atoms. The maximum absolute atomic E-state index is 15.3. The number of benzene rings is 1. The van der Waals surface area contributed by atoms with Gasteiger partial charge in [-0.25, -0.2) is 31.1 Å². The van der Waals surface area contributed by atoms with Gasteiger partial charge in [0.2, 0.25) is 11.8 Å². The van der Waals surface area contributed by atoms with Crippen molar-refractivity contribution in [1.82, 2.24) is 34.5 Å². The van der Waals surface area contributed by atoms with Gasteiger partial charge in [-0.2, -0.15) is 4.98 Å². The van der Waals surface area contributed by atoms with E-state index in [1.54, 1.807) is 6.07 Å². The van der Waals surface area contributed by atoms with Crippen LogP contribution in [0.15, 0.2) is 24.4 Å². The van der Waals surface area contributed by atoms with Gasteiger partial charge in [-0.15, -0.1) is 10.2 Å². The first-order valence-corrected chi connectivity index (χ1v) is 11.8. The Kier molecular flexibility index (Phi) is 5.76.